The number of para-hydroxylation sites is 2. The fraction of sp³-hybridized carbons (Fsp3) is 0.300. The third-order valence-electron chi connectivity index (χ3n) is 2.07. The van der Waals surface area contributed by atoms with Crippen molar-refractivity contribution in [3.63, 3.8) is 0 Å². The lowest BCUT2D eigenvalue weighted by molar-refractivity contribution is 1.03. The maximum Gasteiger partial charge on any atom is 0.0863 e. The zero-order valence-corrected chi connectivity index (χ0v) is 7.41. The van der Waals surface area contributed by atoms with Crippen LogP contribution in [0.25, 0.3) is 0 Å². The highest BCUT2D eigenvalue weighted by atomic mass is 15.1. The van der Waals surface area contributed by atoms with Gasteiger partial charge in [0.15, 0.2) is 0 Å². The molecule has 1 aliphatic rings. The summed E-state index contributed by atoms with van der Waals surface area (Å²) in [5.41, 5.74) is 3.49. The number of hydrogen-bond acceptors (Lipinski definition) is 2. The number of fused-ring (bicyclic) bond motifs is 1. The maximum absolute atomic E-state index is 4.47. The lowest BCUT2D eigenvalue weighted by Crippen LogP contribution is -2.26. The van der Waals surface area contributed by atoms with Crippen molar-refractivity contribution < 1.29 is 0 Å². The van der Waals surface area contributed by atoms with Crippen LogP contribution >= 0.6 is 0 Å². The van der Waals surface area contributed by atoms with Crippen molar-refractivity contribution in [2.45, 2.75) is 6.92 Å². The van der Waals surface area contributed by atoms with E-state index in [0.29, 0.717) is 0 Å². The van der Waals surface area contributed by atoms with E-state index in [-0.39, 0.29) is 0 Å². The van der Waals surface area contributed by atoms with Crippen molar-refractivity contribution >= 4 is 17.1 Å². The number of hydrogen-bond donors (Lipinski definition) is 0. The molecule has 0 atom stereocenters. The third-order valence-corrected chi connectivity index (χ3v) is 2.07. The van der Waals surface area contributed by atoms with Crippen LogP contribution in [0.4, 0.5) is 11.4 Å². The van der Waals surface area contributed by atoms with Gasteiger partial charge in [-0.1, -0.05) is 12.1 Å². The summed E-state index contributed by atoms with van der Waals surface area (Å²) in [6.07, 6.45) is 0. The molecule has 62 valence electrons. The Labute approximate surface area is 72.5 Å². The van der Waals surface area contributed by atoms with Crippen LogP contribution in [0, 0.1) is 0 Å². The van der Waals surface area contributed by atoms with Gasteiger partial charge in [-0.25, -0.2) is 0 Å². The van der Waals surface area contributed by atoms with Crippen molar-refractivity contribution in [1.29, 1.82) is 0 Å². The summed E-state index contributed by atoms with van der Waals surface area (Å²) in [6.45, 7) is 3.00. The molecule has 0 radical (unpaired) electrons. The fourth-order valence-corrected chi connectivity index (χ4v) is 1.55. The molecule has 2 rings (SSSR count). The predicted molar refractivity (Wildman–Crippen MR) is 52.5 cm³/mol. The minimum atomic E-state index is 0.941. The number of aliphatic imine (C=N–C) groups is 1. The van der Waals surface area contributed by atoms with Crippen molar-refractivity contribution in [2.75, 3.05) is 18.5 Å². The van der Waals surface area contributed by atoms with Crippen LogP contribution in [0.2, 0.25) is 0 Å². The van der Waals surface area contributed by atoms with Crippen LogP contribution in [-0.2, 0) is 0 Å². The highest BCUT2D eigenvalue weighted by Gasteiger charge is 2.11. The van der Waals surface area contributed by atoms with Gasteiger partial charge in [-0.05, 0) is 19.1 Å². The summed E-state index contributed by atoms with van der Waals surface area (Å²) in [4.78, 5) is 6.69. The highest BCUT2D eigenvalue weighted by Crippen LogP contribution is 2.30. The van der Waals surface area contributed by atoms with E-state index in [0.717, 1.165) is 12.2 Å². The molecule has 2 nitrogen and oxygen atoms in total. The molecular formula is C10H12N2. The Bertz CT molecular complexity index is 328. The molecule has 1 aromatic carbocycles. The first-order valence-corrected chi connectivity index (χ1v) is 4.12. The fourth-order valence-electron chi connectivity index (χ4n) is 1.55. The predicted octanol–water partition coefficient (Wildman–Crippen LogP) is 2.23. The molecule has 0 aliphatic carbocycles. The first kappa shape index (κ1) is 7.35. The summed E-state index contributed by atoms with van der Waals surface area (Å²) in [7, 11) is 2.09. The van der Waals surface area contributed by atoms with Crippen LogP contribution in [-0.4, -0.2) is 19.3 Å². The summed E-state index contributed by atoms with van der Waals surface area (Å²) < 4.78 is 0. The molecule has 0 amide bonds. The molecule has 0 aromatic heterocycles. The highest BCUT2D eigenvalue weighted by molar-refractivity contribution is 5.94. The van der Waals surface area contributed by atoms with Crippen molar-refractivity contribution in [3.05, 3.63) is 24.3 Å². The van der Waals surface area contributed by atoms with Crippen LogP contribution in [0.1, 0.15) is 6.92 Å². The van der Waals surface area contributed by atoms with Gasteiger partial charge in [0.05, 0.1) is 17.9 Å². The molecule has 0 bridgehead atoms. The van der Waals surface area contributed by atoms with Crippen molar-refractivity contribution in [2.24, 2.45) is 4.99 Å². The molecule has 12 heavy (non-hydrogen) atoms. The monoisotopic (exact) mass is 160 g/mol. The van der Waals surface area contributed by atoms with Gasteiger partial charge < -0.3 is 4.90 Å². The van der Waals surface area contributed by atoms with Crippen LogP contribution in [0.15, 0.2) is 29.3 Å². The van der Waals surface area contributed by atoms with Crippen LogP contribution in [0.5, 0.6) is 0 Å². The van der Waals surface area contributed by atoms with Gasteiger partial charge in [0.25, 0.3) is 0 Å². The topological polar surface area (TPSA) is 15.6 Å². The normalized spacial score (nSPS) is 15.5. The van der Waals surface area contributed by atoms with Crippen molar-refractivity contribution in [1.82, 2.24) is 0 Å². The first-order chi connectivity index (χ1) is 5.77. The quantitative estimate of drug-likeness (QED) is 0.568. The van der Waals surface area contributed by atoms with E-state index in [4.69, 9.17) is 0 Å². The van der Waals surface area contributed by atoms with E-state index in [2.05, 4.69) is 36.0 Å². The number of benzene rings is 1. The summed E-state index contributed by atoms with van der Waals surface area (Å²) >= 11 is 0. The molecule has 0 saturated carbocycles. The van der Waals surface area contributed by atoms with Gasteiger partial charge in [0.1, 0.15) is 0 Å². The van der Waals surface area contributed by atoms with E-state index < -0.39 is 0 Å². The molecule has 1 aromatic rings. The molecule has 0 spiro atoms. The number of nitrogens with zero attached hydrogens (tertiary/aromatic N) is 2. The van der Waals surface area contributed by atoms with Gasteiger partial charge in [0.2, 0.25) is 0 Å². The second-order valence-electron chi connectivity index (χ2n) is 3.19. The van der Waals surface area contributed by atoms with Gasteiger partial charge in [-0.2, -0.15) is 0 Å². The Hall–Kier alpha value is -1.31. The second kappa shape index (κ2) is 2.63. The summed E-state index contributed by atoms with van der Waals surface area (Å²) in [6, 6.07) is 8.22. The first-order valence-electron chi connectivity index (χ1n) is 4.12. The Kier molecular flexibility index (Phi) is 1.61. The van der Waals surface area contributed by atoms with Gasteiger partial charge in [0, 0.05) is 12.8 Å². The van der Waals surface area contributed by atoms with E-state index >= 15 is 0 Å². The molecule has 0 N–H and O–H groups in total. The molecule has 0 saturated heterocycles. The average molecular weight is 160 g/mol. The summed E-state index contributed by atoms with van der Waals surface area (Å²) in [5.74, 6) is 0. The minimum Gasteiger partial charge on any atom is -0.367 e. The molecule has 0 fully saturated rings. The molecule has 0 unspecified atom stereocenters. The van der Waals surface area contributed by atoms with E-state index in [1.54, 1.807) is 0 Å². The smallest absolute Gasteiger partial charge is 0.0863 e. The Balaban J connectivity index is 2.55. The standard InChI is InChI=1S/C10H12N2/c1-8-7-12(2)10-6-4-3-5-9(10)11-8/h3-6H,7H2,1-2H3. The molecular weight excluding hydrogens is 148 g/mol. The number of anilines is 1. The van der Waals surface area contributed by atoms with Gasteiger partial charge >= 0.3 is 0 Å². The molecule has 1 aliphatic heterocycles. The Morgan fingerprint density at radius 2 is 2.08 bits per heavy atom. The van der Waals surface area contributed by atoms with Crippen molar-refractivity contribution in [3.8, 4) is 0 Å². The van der Waals surface area contributed by atoms with Crippen LogP contribution in [0.3, 0.4) is 0 Å². The van der Waals surface area contributed by atoms with E-state index in [1.165, 1.54) is 11.4 Å². The Morgan fingerprint density at radius 3 is 2.92 bits per heavy atom. The number of rotatable bonds is 0. The maximum atomic E-state index is 4.47. The largest absolute Gasteiger partial charge is 0.367 e. The van der Waals surface area contributed by atoms with E-state index in [1.807, 2.05) is 12.1 Å². The average Bonchev–Trinajstić information content (AvgIpc) is 2.04. The van der Waals surface area contributed by atoms with Gasteiger partial charge in [-0.15, -0.1) is 0 Å². The zero-order chi connectivity index (χ0) is 8.55. The van der Waals surface area contributed by atoms with Gasteiger partial charge in [-0.3, -0.25) is 4.99 Å². The van der Waals surface area contributed by atoms with Crippen LogP contribution < -0.4 is 4.90 Å². The molecule has 2 heteroatoms. The van der Waals surface area contributed by atoms with E-state index in [9.17, 15) is 0 Å². The molecule has 1 heterocycles. The third kappa shape index (κ3) is 1.09. The summed E-state index contributed by atoms with van der Waals surface area (Å²) in [5, 5.41) is 0. The lowest BCUT2D eigenvalue weighted by atomic mass is 10.2. The Morgan fingerprint density at radius 1 is 1.33 bits per heavy atom. The second-order valence-corrected chi connectivity index (χ2v) is 3.19. The lowest BCUT2D eigenvalue weighted by Gasteiger charge is -2.24. The zero-order valence-electron chi connectivity index (χ0n) is 7.41. The SMILES string of the molecule is CC1=Nc2ccccc2N(C)C1. The minimum absolute atomic E-state index is 0.941.